The second-order valence-corrected chi connectivity index (χ2v) is 29.8. The van der Waals surface area contributed by atoms with Gasteiger partial charge in [-0.1, -0.05) is 36.0 Å². The Morgan fingerprint density at radius 2 is 1.02 bits per heavy atom. The molecule has 0 radical (unpaired) electrons. The second-order valence-electron chi connectivity index (χ2n) is 27.1. The Kier molecular flexibility index (Phi) is 27.0. The maximum Gasteiger partial charge on any atom is 0.414 e. The predicted molar refractivity (Wildman–Crippen MR) is 376 cm³/mol. The van der Waals surface area contributed by atoms with E-state index in [0.29, 0.717) is 95.8 Å². The van der Waals surface area contributed by atoms with Crippen molar-refractivity contribution in [3.05, 3.63) is 103 Å². The number of pyridine rings is 2. The van der Waals surface area contributed by atoms with Crippen LogP contribution in [0.4, 0.5) is 9.59 Å². The van der Waals surface area contributed by atoms with Crippen molar-refractivity contribution in [2.75, 3.05) is 40.3 Å². The van der Waals surface area contributed by atoms with E-state index in [1.807, 2.05) is 0 Å². The van der Waals surface area contributed by atoms with Crippen molar-refractivity contribution in [1.82, 2.24) is 59.8 Å². The van der Waals surface area contributed by atoms with Crippen molar-refractivity contribution >= 4 is 122 Å². The fraction of sp³-hybridized carbons (Fsp3) is 0.530. The first kappa shape index (κ1) is 77.7. The third-order valence-corrected chi connectivity index (χ3v) is 17.7. The molecule has 2 saturated heterocycles. The minimum Gasteiger partial charge on any atom is -0.460 e. The van der Waals surface area contributed by atoms with Gasteiger partial charge in [0.1, 0.15) is 60.9 Å². The first-order valence-electron chi connectivity index (χ1n) is 32.4. The lowest BCUT2D eigenvalue weighted by Gasteiger charge is -2.22. The van der Waals surface area contributed by atoms with Gasteiger partial charge in [-0.05, 0) is 131 Å². The Labute approximate surface area is 592 Å². The lowest BCUT2D eigenvalue weighted by atomic mass is 9.94. The van der Waals surface area contributed by atoms with E-state index in [2.05, 4.69) is 51.2 Å². The Bertz CT molecular complexity index is 3920. The van der Waals surface area contributed by atoms with Crippen molar-refractivity contribution in [3.8, 4) is 0 Å². The largest absolute Gasteiger partial charge is 0.460 e. The van der Waals surface area contributed by atoms with Crippen LogP contribution in [0.3, 0.4) is 0 Å². The minimum atomic E-state index is -0.814. The van der Waals surface area contributed by atoms with E-state index in [1.165, 1.54) is 29.7 Å². The number of carbonyl (C=O) groups is 9. The average molecular weight is 1450 g/mol. The Hall–Kier alpha value is -8.65. The number of fused-ring (bicyclic) bond motifs is 2. The van der Waals surface area contributed by atoms with Crippen LogP contribution in [0.15, 0.2) is 69.8 Å². The van der Waals surface area contributed by atoms with Crippen LogP contribution in [0.25, 0.3) is 11.3 Å². The summed E-state index contributed by atoms with van der Waals surface area (Å²) in [6, 6.07) is 5.69. The van der Waals surface area contributed by atoms with Crippen molar-refractivity contribution in [3.63, 3.8) is 0 Å². The van der Waals surface area contributed by atoms with Crippen molar-refractivity contribution < 1.29 is 57.4 Å². The molecule has 6 aromatic rings. The molecule has 6 amide bonds. The van der Waals surface area contributed by atoms with Crippen LogP contribution < -0.4 is 38.5 Å². The average Bonchev–Trinajstić information content (AvgIpc) is 1.65. The molecule has 6 atom stereocenters. The summed E-state index contributed by atoms with van der Waals surface area (Å²) >= 11 is 14.8. The van der Waals surface area contributed by atoms with Crippen LogP contribution >= 0.6 is 45.9 Å². The number of guanidine groups is 2. The van der Waals surface area contributed by atoms with Gasteiger partial charge in [0.25, 0.3) is 11.8 Å². The molecule has 2 aliphatic heterocycles. The molecule has 8 rings (SSSR count). The van der Waals surface area contributed by atoms with Gasteiger partial charge in [0.05, 0.1) is 28.5 Å². The summed E-state index contributed by atoms with van der Waals surface area (Å²) in [7, 11) is 3.05. The number of ketones is 2. The van der Waals surface area contributed by atoms with E-state index < -0.39 is 46.9 Å². The highest BCUT2D eigenvalue weighted by Gasteiger charge is 2.42. The summed E-state index contributed by atoms with van der Waals surface area (Å²) in [4.78, 5) is 147. The van der Waals surface area contributed by atoms with Crippen LogP contribution in [0, 0.1) is 17.8 Å². The zero-order valence-corrected chi connectivity index (χ0v) is 60.7. The van der Waals surface area contributed by atoms with Crippen LogP contribution in [0.5, 0.6) is 0 Å². The molecule has 10 N–H and O–H groups in total. The van der Waals surface area contributed by atoms with E-state index >= 15 is 0 Å². The number of amides is 6. The van der Waals surface area contributed by atoms with Gasteiger partial charge >= 0.3 is 18.2 Å². The van der Waals surface area contributed by atoms with Gasteiger partial charge in [0.2, 0.25) is 17.8 Å². The standard InChI is InChI=1S/C41H57ClN8O9S.C25H32ClN9O3S/c1-39(2,3)57-32(52)18-24-17-29(50(20-24)35(54)27-22-49-21-26(42)14-15-31(49)45-27)34-46-28(23-60-34)30(51)19-25(33(53)43-10)13-11-12-16-44-36(47-37(55)58-40(4,5)6)48-38(56)59-41(7,8)9;1-30-22(37)14(4-2-3-7-31-25(28)29)8-20(36)18-13-39-23(33-18)19-9-16(27)11-35(19)24(38)17-12-34-10-15(26)5-6-21(34)32-17/h14-15,21-25,29H,11-13,16-20H2,1-10H3,(H,43,53)(H2,44,47,48,55,56);5-6,10,12-14,16,19H,2-4,7-9,11,27H2,1H3,(H,30,37)(H4,28,29,31)/t24-,25+,29-;14-,16-,19+/m01/s1. The Morgan fingerprint density at radius 3 is 1.45 bits per heavy atom. The molecule has 536 valence electrons. The van der Waals surface area contributed by atoms with E-state index in [4.69, 9.17) is 54.6 Å². The minimum absolute atomic E-state index is 0.0270. The fourth-order valence-corrected chi connectivity index (χ4v) is 13.3. The van der Waals surface area contributed by atoms with E-state index in [9.17, 15) is 43.2 Å². The monoisotopic (exact) mass is 1450 g/mol. The number of thiazole rings is 2. The number of esters is 1. The topological polar surface area (TPSA) is 399 Å². The highest BCUT2D eigenvalue weighted by molar-refractivity contribution is 7.10. The summed E-state index contributed by atoms with van der Waals surface area (Å²) in [5.74, 6) is -3.61. The number of nitrogens with one attached hydrogen (secondary N) is 4. The lowest BCUT2D eigenvalue weighted by molar-refractivity contribution is -0.155. The summed E-state index contributed by atoms with van der Waals surface area (Å²) in [5.41, 5.74) is 16.7. The van der Waals surface area contributed by atoms with Gasteiger partial charge in [0, 0.05) is 107 Å². The van der Waals surface area contributed by atoms with Gasteiger partial charge in [-0.15, -0.1) is 22.7 Å². The number of likely N-dealkylation sites (tertiary alicyclic amines) is 2. The van der Waals surface area contributed by atoms with Crippen LogP contribution in [0.1, 0.15) is 197 Å². The molecule has 0 aliphatic carbocycles. The van der Waals surface area contributed by atoms with Gasteiger partial charge in [-0.3, -0.25) is 54.2 Å². The number of carbonyl (C=O) groups excluding carboxylic acids is 9. The molecule has 0 aromatic carbocycles. The second kappa shape index (κ2) is 34.4. The van der Waals surface area contributed by atoms with Crippen molar-refractivity contribution in [2.24, 2.45) is 44.9 Å². The molecule has 29 nitrogen and oxygen atoms in total. The molecule has 99 heavy (non-hydrogen) atoms. The number of aliphatic imine (C=N–C) groups is 2. The number of Topliss-reactive ketones (excluding diaryl/α,β-unsaturated/α-hetero) is 2. The molecule has 8 heterocycles. The smallest absolute Gasteiger partial charge is 0.414 e. The number of ether oxygens (including phenoxy) is 3. The first-order chi connectivity index (χ1) is 46.5. The van der Waals surface area contributed by atoms with Crippen LogP contribution in [0.2, 0.25) is 10.0 Å². The SMILES string of the molecule is CNC(=O)[C@H](CCCCN=C(N)N)CC(=O)c1csc([C@@H]2C[C@@H](N)CN2C(=O)c2cn3cc(Cl)ccc3n2)n1.CNC(=O)[C@H](CCCCN=C(NC(=O)OC(C)(C)C)NC(=O)OC(C)(C)C)CC(=O)c1csc([C@@H]2C[C@@H](CC(=O)OC(C)(C)C)CN2C(=O)c2cn3cc(Cl)ccc3n2)n1. The molecule has 0 unspecified atom stereocenters. The van der Waals surface area contributed by atoms with E-state index in [-0.39, 0.29) is 126 Å². The van der Waals surface area contributed by atoms with Crippen molar-refractivity contribution in [2.45, 2.75) is 168 Å². The zero-order chi connectivity index (χ0) is 72.7. The molecule has 2 fully saturated rings. The van der Waals surface area contributed by atoms with Gasteiger partial charge in [-0.25, -0.2) is 29.5 Å². The number of hydrogen-bond donors (Lipinski definition) is 7. The Balaban J connectivity index is 0.000000304. The summed E-state index contributed by atoms with van der Waals surface area (Å²) in [6.45, 7) is 16.8. The first-order valence-corrected chi connectivity index (χ1v) is 34.9. The molecule has 0 saturated carbocycles. The van der Waals surface area contributed by atoms with Crippen molar-refractivity contribution in [1.29, 1.82) is 0 Å². The van der Waals surface area contributed by atoms with Gasteiger partial charge in [0.15, 0.2) is 17.5 Å². The number of imidazole rings is 2. The lowest BCUT2D eigenvalue weighted by Crippen LogP contribution is -2.47. The highest BCUT2D eigenvalue weighted by Crippen LogP contribution is 2.40. The van der Waals surface area contributed by atoms with E-state index in [1.54, 1.807) is 148 Å². The van der Waals surface area contributed by atoms with Crippen LogP contribution in [-0.4, -0.2) is 167 Å². The number of nitrogens with zero attached hydrogens (tertiary/aromatic N) is 10. The molecular formula is C66H89Cl2N17O12S2. The number of aromatic nitrogens is 6. The maximum absolute atomic E-state index is 14.0. The van der Waals surface area contributed by atoms with E-state index in [0.717, 1.165) is 0 Å². The van der Waals surface area contributed by atoms with Gasteiger partial charge in [-0.2, -0.15) is 0 Å². The third kappa shape index (κ3) is 23.5. The number of alkyl carbamates (subject to hydrolysis) is 2. The molecule has 0 bridgehead atoms. The zero-order valence-electron chi connectivity index (χ0n) is 57.5. The maximum atomic E-state index is 14.0. The summed E-state index contributed by atoms with van der Waals surface area (Å²) in [5, 5.41) is 15.6. The number of halogens is 2. The normalized spacial score (nSPS) is 16.8. The molecular weight excluding hydrogens is 1360 g/mol. The Morgan fingerprint density at radius 1 is 0.586 bits per heavy atom. The molecule has 33 heteroatoms. The quantitative estimate of drug-likeness (QED) is 0.00744. The number of rotatable bonds is 24. The summed E-state index contributed by atoms with van der Waals surface area (Å²) < 4.78 is 19.5. The number of unbranched alkanes of at least 4 members (excludes halogenated alkanes) is 2. The molecule has 0 spiro atoms. The van der Waals surface area contributed by atoms with Gasteiger partial charge < -0.3 is 60.6 Å². The molecule has 2 aliphatic rings. The molecule has 6 aromatic heterocycles. The number of hydrogen-bond acceptors (Lipinski definition) is 21. The predicted octanol–water partition coefficient (Wildman–Crippen LogP) is 8.63. The van der Waals surface area contributed by atoms with Crippen LogP contribution in [-0.2, 0) is 28.6 Å². The fourth-order valence-electron chi connectivity index (χ4n) is 11.1. The summed E-state index contributed by atoms with van der Waals surface area (Å²) in [6.07, 6.45) is 9.07. The number of nitrogens with two attached hydrogens (primary N) is 3. The highest BCUT2D eigenvalue weighted by atomic mass is 35.5. The third-order valence-electron chi connectivity index (χ3n) is 15.4.